The van der Waals surface area contributed by atoms with Gasteiger partial charge in [0.2, 0.25) is 0 Å². The minimum Gasteiger partial charge on any atom is -0.371 e. The van der Waals surface area contributed by atoms with E-state index in [1.165, 1.54) is 0 Å². The highest BCUT2D eigenvalue weighted by atomic mass is 16.8. The molecule has 1 amide bonds. The van der Waals surface area contributed by atoms with Gasteiger partial charge < -0.3 is 24.3 Å². The number of hydrogen-bond donors (Lipinski definition) is 1. The van der Waals surface area contributed by atoms with Crippen LogP contribution < -0.4 is 5.32 Å². The standard InChI is InChI=1S/C29H34N2O5/c1-19-7-6-8-20(13-19)17-34-29(27(32)31-23-11-12-23)14-24(26-25(15-29)35-28(2,3)36-26)33-18-22-10-5-4-9-21(22)16-30/h4-10,13,23-26H,11-12,14-15,17-18H2,1-3H3,(H,31,32)/t24?,25-,26+,29-/m1/s1. The van der Waals surface area contributed by atoms with Gasteiger partial charge in [-0.05, 0) is 50.8 Å². The van der Waals surface area contributed by atoms with E-state index in [1.807, 2.05) is 57.2 Å². The summed E-state index contributed by atoms with van der Waals surface area (Å²) in [6, 6.07) is 17.9. The number of hydrogen-bond acceptors (Lipinski definition) is 6. The predicted molar refractivity (Wildman–Crippen MR) is 133 cm³/mol. The van der Waals surface area contributed by atoms with Crippen molar-refractivity contribution in [1.82, 2.24) is 5.32 Å². The Balaban J connectivity index is 1.42. The van der Waals surface area contributed by atoms with Crippen LogP contribution in [0, 0.1) is 18.3 Å². The van der Waals surface area contributed by atoms with Crippen molar-refractivity contribution in [1.29, 1.82) is 5.26 Å². The molecule has 1 saturated heterocycles. The summed E-state index contributed by atoms with van der Waals surface area (Å²) in [5, 5.41) is 12.7. The second-order valence-electron chi connectivity index (χ2n) is 10.7. The molecule has 4 atom stereocenters. The molecule has 2 aromatic rings. The van der Waals surface area contributed by atoms with Gasteiger partial charge in [0.1, 0.15) is 6.10 Å². The predicted octanol–water partition coefficient (Wildman–Crippen LogP) is 4.30. The number of aryl methyl sites for hydroxylation is 1. The fourth-order valence-electron chi connectivity index (χ4n) is 5.23. The fourth-order valence-corrected chi connectivity index (χ4v) is 5.23. The Labute approximate surface area is 212 Å². The Kier molecular flexibility index (Phi) is 6.88. The van der Waals surface area contributed by atoms with Crippen molar-refractivity contribution in [2.24, 2.45) is 0 Å². The molecule has 0 radical (unpaired) electrons. The van der Waals surface area contributed by atoms with Gasteiger partial charge in [0.15, 0.2) is 11.4 Å². The van der Waals surface area contributed by atoms with Crippen LogP contribution in [0.15, 0.2) is 48.5 Å². The van der Waals surface area contributed by atoms with E-state index in [-0.39, 0.29) is 30.8 Å². The molecule has 2 aromatic carbocycles. The Hall–Kier alpha value is -2.76. The number of fused-ring (bicyclic) bond motifs is 1. The number of rotatable bonds is 8. The minimum atomic E-state index is -1.11. The number of ether oxygens (including phenoxy) is 4. The van der Waals surface area contributed by atoms with Crippen LogP contribution in [0.1, 0.15) is 61.8 Å². The van der Waals surface area contributed by atoms with Crippen LogP contribution in [-0.4, -0.2) is 41.6 Å². The van der Waals surface area contributed by atoms with Gasteiger partial charge in [-0.1, -0.05) is 48.0 Å². The molecule has 3 fully saturated rings. The molecule has 36 heavy (non-hydrogen) atoms. The summed E-state index contributed by atoms with van der Waals surface area (Å²) in [7, 11) is 0. The highest BCUT2D eigenvalue weighted by molar-refractivity contribution is 5.86. The third-order valence-corrected chi connectivity index (χ3v) is 7.16. The van der Waals surface area contributed by atoms with E-state index in [9.17, 15) is 10.1 Å². The van der Waals surface area contributed by atoms with Crippen LogP contribution in [0.5, 0.6) is 0 Å². The number of carbonyl (C=O) groups excluding carboxylic acids is 1. The van der Waals surface area contributed by atoms with Gasteiger partial charge in [-0.25, -0.2) is 0 Å². The molecule has 2 saturated carbocycles. The smallest absolute Gasteiger partial charge is 0.252 e. The highest BCUT2D eigenvalue weighted by Crippen LogP contribution is 2.44. The molecule has 7 nitrogen and oxygen atoms in total. The van der Waals surface area contributed by atoms with E-state index in [4.69, 9.17) is 18.9 Å². The van der Waals surface area contributed by atoms with Crippen molar-refractivity contribution in [3.05, 3.63) is 70.8 Å². The normalized spacial score (nSPS) is 28.8. The zero-order valence-electron chi connectivity index (χ0n) is 21.2. The molecular weight excluding hydrogens is 456 g/mol. The quantitative estimate of drug-likeness (QED) is 0.594. The summed E-state index contributed by atoms with van der Waals surface area (Å²) in [6.07, 6.45) is 1.57. The lowest BCUT2D eigenvalue weighted by molar-refractivity contribution is -0.183. The van der Waals surface area contributed by atoms with E-state index in [1.54, 1.807) is 6.07 Å². The SMILES string of the molecule is Cc1cccc(CO[C@]2(C(=O)NC3CC3)CC(OCc3ccccc3C#N)[C@@H]3OC(C)(C)O[C@@H]3C2)c1. The first-order valence-corrected chi connectivity index (χ1v) is 12.7. The summed E-state index contributed by atoms with van der Waals surface area (Å²) in [4.78, 5) is 13.7. The van der Waals surface area contributed by atoms with Crippen molar-refractivity contribution < 1.29 is 23.7 Å². The molecule has 1 unspecified atom stereocenters. The molecule has 7 heteroatoms. The van der Waals surface area contributed by atoms with Gasteiger partial charge in [-0.15, -0.1) is 0 Å². The zero-order valence-corrected chi connectivity index (χ0v) is 21.2. The number of carbonyl (C=O) groups is 1. The molecule has 0 spiro atoms. The molecule has 1 N–H and O–H groups in total. The van der Waals surface area contributed by atoms with Crippen molar-refractivity contribution in [2.45, 2.75) is 95.4 Å². The van der Waals surface area contributed by atoms with Crippen molar-refractivity contribution in [3.63, 3.8) is 0 Å². The first-order chi connectivity index (χ1) is 17.3. The first kappa shape index (κ1) is 24.9. The van der Waals surface area contributed by atoms with Crippen molar-refractivity contribution >= 4 is 5.91 Å². The van der Waals surface area contributed by atoms with E-state index in [0.29, 0.717) is 25.0 Å². The summed E-state index contributed by atoms with van der Waals surface area (Å²) < 4.78 is 25.4. The Bertz CT molecular complexity index is 1150. The van der Waals surface area contributed by atoms with E-state index >= 15 is 0 Å². The van der Waals surface area contributed by atoms with Gasteiger partial charge in [-0.3, -0.25) is 4.79 Å². The molecule has 1 heterocycles. The summed E-state index contributed by atoms with van der Waals surface area (Å²) in [5.74, 6) is -0.906. The van der Waals surface area contributed by atoms with E-state index < -0.39 is 17.5 Å². The van der Waals surface area contributed by atoms with Gasteiger partial charge in [0.05, 0.1) is 37.1 Å². The lowest BCUT2D eigenvalue weighted by atomic mass is 9.78. The Morgan fingerprint density at radius 2 is 1.92 bits per heavy atom. The third kappa shape index (κ3) is 5.47. The number of nitrogens with zero attached hydrogens (tertiary/aromatic N) is 1. The Morgan fingerprint density at radius 3 is 2.67 bits per heavy atom. The van der Waals surface area contributed by atoms with Crippen LogP contribution in [0.3, 0.4) is 0 Å². The fraction of sp³-hybridized carbons (Fsp3) is 0.517. The first-order valence-electron chi connectivity index (χ1n) is 12.7. The number of amides is 1. The number of benzene rings is 2. The van der Waals surface area contributed by atoms with E-state index in [0.717, 1.165) is 29.5 Å². The molecule has 3 aliphatic rings. The van der Waals surface area contributed by atoms with Crippen LogP contribution in [0.2, 0.25) is 0 Å². The van der Waals surface area contributed by atoms with Gasteiger partial charge in [0.25, 0.3) is 5.91 Å². The molecule has 1 aliphatic heterocycles. The summed E-state index contributed by atoms with van der Waals surface area (Å²) >= 11 is 0. The molecule has 0 bridgehead atoms. The van der Waals surface area contributed by atoms with Gasteiger partial charge >= 0.3 is 0 Å². The molecule has 190 valence electrons. The second-order valence-corrected chi connectivity index (χ2v) is 10.7. The third-order valence-electron chi connectivity index (χ3n) is 7.16. The number of nitriles is 1. The Morgan fingerprint density at radius 1 is 1.11 bits per heavy atom. The topological polar surface area (TPSA) is 89.8 Å². The van der Waals surface area contributed by atoms with Crippen molar-refractivity contribution in [3.8, 4) is 6.07 Å². The van der Waals surface area contributed by atoms with Gasteiger partial charge in [0, 0.05) is 18.9 Å². The van der Waals surface area contributed by atoms with Crippen LogP contribution >= 0.6 is 0 Å². The maximum absolute atomic E-state index is 13.7. The van der Waals surface area contributed by atoms with Crippen LogP contribution in [0.4, 0.5) is 0 Å². The monoisotopic (exact) mass is 490 g/mol. The summed E-state index contributed by atoms with van der Waals surface area (Å²) in [6.45, 7) is 6.35. The number of nitrogens with one attached hydrogen (secondary N) is 1. The molecule has 0 aromatic heterocycles. The van der Waals surface area contributed by atoms with Crippen molar-refractivity contribution in [2.75, 3.05) is 0 Å². The van der Waals surface area contributed by atoms with Gasteiger partial charge in [-0.2, -0.15) is 5.26 Å². The van der Waals surface area contributed by atoms with Crippen LogP contribution in [-0.2, 0) is 37.0 Å². The van der Waals surface area contributed by atoms with Crippen LogP contribution in [0.25, 0.3) is 0 Å². The largest absolute Gasteiger partial charge is 0.371 e. The lowest BCUT2D eigenvalue weighted by Gasteiger charge is -2.43. The molecular formula is C29H34N2O5. The van der Waals surface area contributed by atoms with E-state index in [2.05, 4.69) is 17.5 Å². The average Bonchev–Trinajstić information content (AvgIpc) is 3.61. The summed E-state index contributed by atoms with van der Waals surface area (Å²) in [5.41, 5.74) is 2.41. The maximum Gasteiger partial charge on any atom is 0.252 e. The maximum atomic E-state index is 13.7. The minimum absolute atomic E-state index is 0.115. The second kappa shape index (κ2) is 9.95. The zero-order chi connectivity index (χ0) is 25.3. The molecule has 2 aliphatic carbocycles. The highest BCUT2D eigenvalue weighted by Gasteiger charge is 2.58. The molecule has 5 rings (SSSR count). The lowest BCUT2D eigenvalue weighted by Crippen LogP contribution is -2.60. The average molecular weight is 491 g/mol.